The number of benzene rings is 1. The van der Waals surface area contributed by atoms with E-state index >= 15 is 0 Å². The van der Waals surface area contributed by atoms with E-state index in [2.05, 4.69) is 12.1 Å². The van der Waals surface area contributed by atoms with Crippen molar-refractivity contribution in [3.63, 3.8) is 0 Å². The Morgan fingerprint density at radius 2 is 2.24 bits per heavy atom. The van der Waals surface area contributed by atoms with Crippen LogP contribution in [-0.2, 0) is 6.42 Å². The summed E-state index contributed by atoms with van der Waals surface area (Å²) in [6, 6.07) is 11.2. The van der Waals surface area contributed by atoms with Crippen LogP contribution in [0, 0.1) is 11.3 Å². The van der Waals surface area contributed by atoms with E-state index in [-0.39, 0.29) is 0 Å². The highest BCUT2D eigenvalue weighted by Crippen LogP contribution is 2.22. The Bertz CT molecular complexity index is 531. The maximum absolute atomic E-state index is 8.94. The number of halogens is 1. The van der Waals surface area contributed by atoms with Gasteiger partial charge in [0, 0.05) is 16.3 Å². The minimum absolute atomic E-state index is 0.476. The summed E-state index contributed by atoms with van der Waals surface area (Å²) < 4.78 is 5.58. The van der Waals surface area contributed by atoms with Crippen LogP contribution in [0.2, 0.25) is 5.02 Å². The molecule has 0 radical (unpaired) electrons. The van der Waals surface area contributed by atoms with E-state index in [1.165, 1.54) is 4.88 Å². The Labute approximate surface area is 109 Å². The predicted molar refractivity (Wildman–Crippen MR) is 69.7 cm³/mol. The van der Waals surface area contributed by atoms with E-state index < -0.39 is 0 Å². The third-order valence-corrected chi connectivity index (χ3v) is 3.42. The van der Waals surface area contributed by atoms with E-state index in [1.807, 2.05) is 11.4 Å². The number of rotatable bonds is 4. The van der Waals surface area contributed by atoms with Gasteiger partial charge in [0.1, 0.15) is 11.8 Å². The summed E-state index contributed by atoms with van der Waals surface area (Å²) in [5, 5.41) is 11.5. The van der Waals surface area contributed by atoms with Crippen LogP contribution in [0.1, 0.15) is 10.4 Å². The summed E-state index contributed by atoms with van der Waals surface area (Å²) in [5.74, 6) is 0.591. The van der Waals surface area contributed by atoms with Crippen molar-refractivity contribution in [2.24, 2.45) is 0 Å². The lowest BCUT2D eigenvalue weighted by Crippen LogP contribution is -2.01. The Morgan fingerprint density at radius 3 is 2.94 bits per heavy atom. The second kappa shape index (κ2) is 5.72. The van der Waals surface area contributed by atoms with Crippen molar-refractivity contribution in [1.29, 1.82) is 5.26 Å². The van der Waals surface area contributed by atoms with Crippen molar-refractivity contribution in [2.75, 3.05) is 6.61 Å². The fourth-order valence-electron chi connectivity index (χ4n) is 1.43. The van der Waals surface area contributed by atoms with Crippen molar-refractivity contribution in [1.82, 2.24) is 0 Å². The smallest absolute Gasteiger partial charge is 0.137 e. The average Bonchev–Trinajstić information content (AvgIpc) is 2.84. The molecule has 2 aromatic rings. The van der Waals surface area contributed by atoms with Crippen molar-refractivity contribution < 1.29 is 4.74 Å². The lowest BCUT2D eigenvalue weighted by Gasteiger charge is -2.07. The Hall–Kier alpha value is -1.50. The molecule has 0 amide bonds. The zero-order valence-electron chi connectivity index (χ0n) is 9.02. The van der Waals surface area contributed by atoms with Gasteiger partial charge in [-0.1, -0.05) is 17.7 Å². The highest BCUT2D eigenvalue weighted by atomic mass is 35.5. The average molecular weight is 264 g/mol. The largest absolute Gasteiger partial charge is 0.492 e. The zero-order chi connectivity index (χ0) is 12.1. The number of nitrogens with zero attached hydrogens (tertiary/aromatic N) is 1. The van der Waals surface area contributed by atoms with Gasteiger partial charge in [0.25, 0.3) is 0 Å². The van der Waals surface area contributed by atoms with Crippen molar-refractivity contribution in [2.45, 2.75) is 6.42 Å². The molecule has 0 N–H and O–H groups in total. The molecule has 0 aliphatic heterocycles. The van der Waals surface area contributed by atoms with Gasteiger partial charge in [-0.25, -0.2) is 0 Å². The highest BCUT2D eigenvalue weighted by molar-refractivity contribution is 7.09. The van der Waals surface area contributed by atoms with Crippen molar-refractivity contribution >= 4 is 22.9 Å². The normalized spacial score (nSPS) is 9.88. The minimum Gasteiger partial charge on any atom is -0.492 e. The zero-order valence-corrected chi connectivity index (χ0v) is 10.6. The molecular weight excluding hydrogens is 254 g/mol. The molecule has 0 bridgehead atoms. The van der Waals surface area contributed by atoms with Gasteiger partial charge < -0.3 is 4.74 Å². The van der Waals surface area contributed by atoms with Crippen molar-refractivity contribution in [3.05, 3.63) is 51.2 Å². The van der Waals surface area contributed by atoms with Gasteiger partial charge in [-0.3, -0.25) is 0 Å². The molecule has 2 rings (SSSR count). The molecule has 0 aliphatic carbocycles. The molecule has 4 heteroatoms. The van der Waals surface area contributed by atoms with E-state index in [0.29, 0.717) is 22.9 Å². The molecular formula is C13H10ClNOS. The second-order valence-electron chi connectivity index (χ2n) is 3.43. The van der Waals surface area contributed by atoms with E-state index in [9.17, 15) is 0 Å². The van der Waals surface area contributed by atoms with Gasteiger partial charge >= 0.3 is 0 Å². The SMILES string of the molecule is N#Cc1cc(Cl)ccc1OCCc1cccs1. The first-order valence-corrected chi connectivity index (χ1v) is 6.40. The van der Waals surface area contributed by atoms with Crippen LogP contribution >= 0.6 is 22.9 Å². The molecule has 86 valence electrons. The Kier molecular flexibility index (Phi) is 4.03. The van der Waals surface area contributed by atoms with Crippen LogP contribution in [0.25, 0.3) is 0 Å². The molecule has 1 aromatic heterocycles. The number of hydrogen-bond donors (Lipinski definition) is 0. The summed E-state index contributed by atoms with van der Waals surface area (Å²) in [5.41, 5.74) is 0.476. The number of thiophene rings is 1. The number of nitriles is 1. The molecule has 2 nitrogen and oxygen atoms in total. The molecule has 17 heavy (non-hydrogen) atoms. The molecule has 0 fully saturated rings. The molecule has 0 aliphatic rings. The molecule has 0 saturated carbocycles. The summed E-state index contributed by atoms with van der Waals surface area (Å²) >= 11 is 7.51. The van der Waals surface area contributed by atoms with Gasteiger partial charge in [-0.2, -0.15) is 5.26 Å². The minimum atomic E-state index is 0.476. The Morgan fingerprint density at radius 1 is 1.35 bits per heavy atom. The third-order valence-electron chi connectivity index (χ3n) is 2.25. The maximum Gasteiger partial charge on any atom is 0.137 e. The molecule has 0 atom stereocenters. The van der Waals surface area contributed by atoms with E-state index in [4.69, 9.17) is 21.6 Å². The first kappa shape index (κ1) is 12.0. The fraction of sp³-hybridized carbons (Fsp3) is 0.154. The van der Waals surface area contributed by atoms with Crippen molar-refractivity contribution in [3.8, 4) is 11.8 Å². The van der Waals surface area contributed by atoms with Crippen LogP contribution in [0.4, 0.5) is 0 Å². The molecule has 1 heterocycles. The van der Waals surface area contributed by atoms with Gasteiger partial charge in [-0.15, -0.1) is 11.3 Å². The monoisotopic (exact) mass is 263 g/mol. The highest BCUT2D eigenvalue weighted by Gasteiger charge is 2.04. The lowest BCUT2D eigenvalue weighted by molar-refractivity contribution is 0.322. The summed E-state index contributed by atoms with van der Waals surface area (Å²) in [6.45, 7) is 0.566. The predicted octanol–water partition coefficient (Wildman–Crippen LogP) is 3.89. The Balaban J connectivity index is 1.97. The van der Waals surface area contributed by atoms with E-state index in [0.717, 1.165) is 6.42 Å². The summed E-state index contributed by atoms with van der Waals surface area (Å²) in [4.78, 5) is 1.28. The van der Waals surface area contributed by atoms with Crippen LogP contribution in [0.5, 0.6) is 5.75 Å². The maximum atomic E-state index is 8.94. The topological polar surface area (TPSA) is 33.0 Å². The first-order valence-electron chi connectivity index (χ1n) is 5.14. The standard InChI is InChI=1S/C13H10ClNOS/c14-11-3-4-13(10(8-11)9-15)16-6-5-12-2-1-7-17-12/h1-4,7-8H,5-6H2. The first-order chi connectivity index (χ1) is 8.29. The van der Waals surface area contributed by atoms with Crippen LogP contribution in [0.15, 0.2) is 35.7 Å². The molecule has 1 aromatic carbocycles. The summed E-state index contributed by atoms with van der Waals surface area (Å²) in [7, 11) is 0. The molecule has 0 saturated heterocycles. The van der Waals surface area contributed by atoms with Crippen LogP contribution < -0.4 is 4.74 Å². The second-order valence-corrected chi connectivity index (χ2v) is 4.90. The summed E-state index contributed by atoms with van der Waals surface area (Å²) in [6.07, 6.45) is 0.852. The van der Waals surface area contributed by atoms with Crippen LogP contribution in [0.3, 0.4) is 0 Å². The van der Waals surface area contributed by atoms with Gasteiger partial charge in [0.15, 0.2) is 0 Å². The van der Waals surface area contributed by atoms with Gasteiger partial charge in [0.2, 0.25) is 0 Å². The lowest BCUT2D eigenvalue weighted by atomic mass is 10.2. The van der Waals surface area contributed by atoms with E-state index in [1.54, 1.807) is 29.5 Å². The number of hydrogen-bond acceptors (Lipinski definition) is 3. The molecule has 0 spiro atoms. The van der Waals surface area contributed by atoms with Gasteiger partial charge in [-0.05, 0) is 29.6 Å². The van der Waals surface area contributed by atoms with Crippen LogP contribution in [-0.4, -0.2) is 6.61 Å². The number of ether oxygens (including phenoxy) is 1. The third kappa shape index (κ3) is 3.23. The quantitative estimate of drug-likeness (QED) is 0.838. The fourth-order valence-corrected chi connectivity index (χ4v) is 2.29. The van der Waals surface area contributed by atoms with Gasteiger partial charge in [0.05, 0.1) is 12.2 Å². The molecule has 0 unspecified atom stereocenters.